The molecule has 3 N–H and O–H groups in total. The van der Waals surface area contributed by atoms with Gasteiger partial charge >= 0.3 is 0 Å². The molecule has 0 spiro atoms. The maximum Gasteiger partial charge on any atom is 0.255 e. The first-order chi connectivity index (χ1) is 22.4. The molecule has 1 atom stereocenters. The molecule has 0 saturated carbocycles. The fourth-order valence-electron chi connectivity index (χ4n) is 6.06. The van der Waals surface area contributed by atoms with Gasteiger partial charge in [0.25, 0.3) is 5.91 Å². The summed E-state index contributed by atoms with van der Waals surface area (Å²) in [5.74, 6) is -0.216. The molecule has 46 heavy (non-hydrogen) atoms. The monoisotopic (exact) mass is 646 g/mol. The van der Waals surface area contributed by atoms with Crippen molar-refractivity contribution in [2.45, 2.75) is 12.5 Å². The van der Waals surface area contributed by atoms with Crippen molar-refractivity contribution in [3.8, 4) is 22.8 Å². The summed E-state index contributed by atoms with van der Waals surface area (Å²) in [5, 5.41) is 22.9. The van der Waals surface area contributed by atoms with Gasteiger partial charge in [-0.05, 0) is 55.0 Å². The van der Waals surface area contributed by atoms with E-state index in [1.807, 2.05) is 12.1 Å². The molecule has 2 aromatic carbocycles. The molecule has 12 heteroatoms. The standard InChI is InChI=1S/C34H36ClFN6O4/c35-23-5-6-27(36)26(19-23)28-21-31-33(22-39-28)46-18-16-42(31)24-7-9-37-29(20-24)30(41-13-11-40(12-14-41)15-17-43)8-10-38-34(45)25-3-1-2-4-32(25)44/h1-7,9,19-22,30,43-44H,8,10-18H2,(H,38,45). The molecule has 2 aromatic heterocycles. The van der Waals surface area contributed by atoms with Crippen LogP contribution in [0, 0.1) is 5.82 Å². The Kier molecular flexibility index (Phi) is 9.94. The van der Waals surface area contributed by atoms with Crippen molar-refractivity contribution < 1.29 is 24.1 Å². The number of phenolic OH excluding ortho intramolecular Hbond substituents is 1. The van der Waals surface area contributed by atoms with E-state index in [1.54, 1.807) is 36.7 Å². The Labute approximate surface area is 272 Å². The summed E-state index contributed by atoms with van der Waals surface area (Å²) in [7, 11) is 0. The minimum absolute atomic E-state index is 0.0619. The lowest BCUT2D eigenvalue weighted by Crippen LogP contribution is -2.48. The van der Waals surface area contributed by atoms with Gasteiger partial charge in [-0.15, -0.1) is 0 Å². The summed E-state index contributed by atoms with van der Waals surface area (Å²) in [6, 6.07) is 16.6. The zero-order valence-electron chi connectivity index (χ0n) is 25.3. The molecule has 6 rings (SSSR count). The van der Waals surface area contributed by atoms with Crippen LogP contribution < -0.4 is 15.0 Å². The van der Waals surface area contributed by atoms with Crippen molar-refractivity contribution >= 4 is 28.9 Å². The Balaban J connectivity index is 1.27. The number of halogens is 2. The molecule has 2 aliphatic rings. The highest BCUT2D eigenvalue weighted by molar-refractivity contribution is 6.30. The van der Waals surface area contributed by atoms with Crippen molar-refractivity contribution in [3.63, 3.8) is 0 Å². The summed E-state index contributed by atoms with van der Waals surface area (Å²) in [5.41, 5.74) is 3.50. The van der Waals surface area contributed by atoms with Gasteiger partial charge in [-0.2, -0.15) is 0 Å². The molecule has 0 aliphatic carbocycles. The Morgan fingerprint density at radius 1 is 1.04 bits per heavy atom. The molecule has 4 heterocycles. The summed E-state index contributed by atoms with van der Waals surface area (Å²) >= 11 is 6.17. The number of benzene rings is 2. The van der Waals surface area contributed by atoms with Crippen LogP contribution in [0.3, 0.4) is 0 Å². The van der Waals surface area contributed by atoms with Crippen LogP contribution in [0.2, 0.25) is 5.02 Å². The Morgan fingerprint density at radius 3 is 2.67 bits per heavy atom. The number of fused-ring (bicyclic) bond motifs is 1. The number of aliphatic hydroxyl groups is 1. The van der Waals surface area contributed by atoms with Crippen LogP contribution in [0.4, 0.5) is 15.8 Å². The molecule has 1 amide bonds. The molecule has 10 nitrogen and oxygen atoms in total. The number of carbonyl (C=O) groups excluding carboxylic acids is 1. The van der Waals surface area contributed by atoms with Gasteiger partial charge in [0.05, 0.1) is 48.0 Å². The lowest BCUT2D eigenvalue weighted by atomic mass is 10.0. The average Bonchev–Trinajstić information content (AvgIpc) is 3.08. The number of pyridine rings is 2. The third kappa shape index (κ3) is 7.07. The second kappa shape index (κ2) is 14.4. The molecule has 2 aliphatic heterocycles. The molecule has 1 unspecified atom stereocenters. The van der Waals surface area contributed by atoms with E-state index < -0.39 is 5.82 Å². The number of nitrogens with zero attached hydrogens (tertiary/aromatic N) is 5. The smallest absolute Gasteiger partial charge is 0.255 e. The number of aromatic nitrogens is 2. The highest BCUT2D eigenvalue weighted by atomic mass is 35.5. The first kappa shape index (κ1) is 31.7. The largest absolute Gasteiger partial charge is 0.507 e. The lowest BCUT2D eigenvalue weighted by molar-refractivity contribution is 0.0775. The fourth-order valence-corrected chi connectivity index (χ4v) is 6.23. The zero-order valence-corrected chi connectivity index (χ0v) is 26.0. The summed E-state index contributed by atoms with van der Waals surface area (Å²) in [6.45, 7) is 5.34. The van der Waals surface area contributed by atoms with Crippen LogP contribution in [0.5, 0.6) is 11.5 Å². The van der Waals surface area contributed by atoms with Gasteiger partial charge in [-0.1, -0.05) is 23.7 Å². The van der Waals surface area contributed by atoms with E-state index in [0.29, 0.717) is 54.7 Å². The summed E-state index contributed by atoms with van der Waals surface area (Å²) in [6.07, 6.45) is 3.99. The number of aliphatic hydroxyl groups excluding tert-OH is 1. The van der Waals surface area contributed by atoms with Crippen molar-refractivity contribution in [1.82, 2.24) is 25.1 Å². The first-order valence-corrected chi connectivity index (χ1v) is 15.7. The third-order valence-corrected chi connectivity index (χ3v) is 8.68. The molecule has 0 radical (unpaired) electrons. The number of nitrogens with one attached hydrogen (secondary N) is 1. The first-order valence-electron chi connectivity index (χ1n) is 15.4. The maximum atomic E-state index is 14.8. The SMILES string of the molecule is O=C(NCCC(c1cc(N2CCOc3cnc(-c4cc(Cl)ccc4F)cc32)ccn1)N1CCN(CCO)CC1)c1ccccc1O. The third-order valence-electron chi connectivity index (χ3n) is 8.45. The van der Waals surface area contributed by atoms with Crippen LogP contribution in [-0.4, -0.2) is 94.9 Å². The van der Waals surface area contributed by atoms with Crippen molar-refractivity contribution in [3.05, 3.63) is 95.2 Å². The molecule has 1 fully saturated rings. The van der Waals surface area contributed by atoms with E-state index >= 15 is 0 Å². The number of phenols is 1. The summed E-state index contributed by atoms with van der Waals surface area (Å²) in [4.78, 5) is 28.8. The highest BCUT2D eigenvalue weighted by Crippen LogP contribution is 2.40. The van der Waals surface area contributed by atoms with E-state index in [2.05, 4.69) is 31.1 Å². The normalized spacial score (nSPS) is 16.0. The van der Waals surface area contributed by atoms with Gasteiger partial charge in [0.2, 0.25) is 0 Å². The number of anilines is 2. The minimum atomic E-state index is -0.414. The Bertz CT molecular complexity index is 1690. The van der Waals surface area contributed by atoms with Crippen molar-refractivity contribution in [2.24, 2.45) is 0 Å². The number of rotatable bonds is 10. The number of amides is 1. The number of aromatic hydroxyl groups is 1. The molecular formula is C34H36ClFN6O4. The topological polar surface area (TPSA) is 114 Å². The van der Waals surface area contributed by atoms with Gasteiger partial charge in [0.15, 0.2) is 5.75 Å². The number of ether oxygens (including phenoxy) is 1. The lowest BCUT2D eigenvalue weighted by Gasteiger charge is -2.39. The van der Waals surface area contributed by atoms with E-state index in [-0.39, 0.29) is 29.9 Å². The van der Waals surface area contributed by atoms with Crippen LogP contribution in [0.15, 0.2) is 73.1 Å². The fraction of sp³-hybridized carbons (Fsp3) is 0.324. The number of piperazine rings is 1. The molecule has 1 saturated heterocycles. The van der Waals surface area contributed by atoms with Crippen molar-refractivity contribution in [1.29, 1.82) is 0 Å². The second-order valence-electron chi connectivity index (χ2n) is 11.3. The molecular weight excluding hydrogens is 611 g/mol. The number of carbonyl (C=O) groups is 1. The van der Waals surface area contributed by atoms with Gasteiger partial charge < -0.3 is 25.2 Å². The summed E-state index contributed by atoms with van der Waals surface area (Å²) < 4.78 is 20.7. The molecule has 240 valence electrons. The second-order valence-corrected chi connectivity index (χ2v) is 11.7. The average molecular weight is 647 g/mol. The van der Waals surface area contributed by atoms with Crippen LogP contribution in [0.1, 0.15) is 28.5 Å². The van der Waals surface area contributed by atoms with Crippen LogP contribution >= 0.6 is 11.6 Å². The van der Waals surface area contributed by atoms with Crippen molar-refractivity contribution in [2.75, 3.05) is 63.9 Å². The Hall–Kier alpha value is -4.29. The maximum absolute atomic E-state index is 14.8. The highest BCUT2D eigenvalue weighted by Gasteiger charge is 2.28. The van der Waals surface area contributed by atoms with E-state index in [4.69, 9.17) is 21.3 Å². The quantitative estimate of drug-likeness (QED) is 0.227. The number of β-amino-alcohol motifs (C(OH)–C–C–N with tert-alkyl or cyclic N) is 1. The molecule has 4 aromatic rings. The predicted octanol–water partition coefficient (Wildman–Crippen LogP) is 4.64. The van der Waals surface area contributed by atoms with E-state index in [1.165, 1.54) is 18.2 Å². The van der Waals surface area contributed by atoms with Gasteiger partial charge in [-0.3, -0.25) is 24.6 Å². The van der Waals surface area contributed by atoms with Crippen LogP contribution in [-0.2, 0) is 0 Å². The zero-order chi connectivity index (χ0) is 32.0. The van der Waals surface area contributed by atoms with E-state index in [9.17, 15) is 19.4 Å². The Morgan fingerprint density at radius 2 is 1.87 bits per heavy atom. The van der Waals surface area contributed by atoms with Gasteiger partial charge in [-0.25, -0.2) is 4.39 Å². The number of para-hydroxylation sites is 1. The number of hydrogen-bond donors (Lipinski definition) is 3. The number of hydrogen-bond acceptors (Lipinski definition) is 9. The minimum Gasteiger partial charge on any atom is -0.507 e. The van der Waals surface area contributed by atoms with E-state index in [0.717, 1.165) is 43.2 Å². The van der Waals surface area contributed by atoms with Gasteiger partial charge in [0.1, 0.15) is 18.2 Å². The van der Waals surface area contributed by atoms with Crippen LogP contribution in [0.25, 0.3) is 11.3 Å². The predicted molar refractivity (Wildman–Crippen MR) is 174 cm³/mol. The molecule has 0 bridgehead atoms. The van der Waals surface area contributed by atoms with Gasteiger partial charge in [0, 0.05) is 61.7 Å².